The van der Waals surface area contributed by atoms with Crippen LogP contribution in [-0.2, 0) is 52.3 Å². The Kier molecular flexibility index (Phi) is 21.8. The smallest absolute Gasteiger partial charge is 0.365 e. The molecule has 3 heterocycles. The number of hydrogen-bond acceptors (Lipinski definition) is 18. The molecule has 18 nitrogen and oxygen atoms in total. The topological polar surface area (TPSA) is 217 Å². The molecule has 0 radical (unpaired) electrons. The zero-order chi connectivity index (χ0) is 58.0. The number of likely N-dealkylation sites (N-methyl/N-ethyl adjacent to an activating group) is 1. The fraction of sp³-hybridized carbons (Fsp3) is 0.590. The van der Waals surface area contributed by atoms with Gasteiger partial charge < -0.3 is 62.6 Å². The minimum atomic E-state index is -2.09. The number of rotatable bonds is 16. The molecule has 3 aromatic rings. The summed E-state index contributed by atoms with van der Waals surface area (Å²) in [6.07, 6.45) is -8.63. The molecule has 6 rings (SSSR count). The molecule has 0 bridgehead atoms. The Morgan fingerprint density at radius 3 is 1.85 bits per heavy atom. The molecular weight excluding hydrogens is 1020 g/mol. The molecule has 3 saturated heterocycles. The fourth-order valence-electron chi connectivity index (χ4n) is 11.5. The van der Waals surface area contributed by atoms with Crippen LogP contribution in [0.3, 0.4) is 0 Å². The lowest BCUT2D eigenvalue weighted by atomic mass is 9.73. The highest BCUT2D eigenvalue weighted by Gasteiger charge is 2.55. The number of carbonyl (C=O) groups excluding carboxylic acids is 4. The first kappa shape index (κ1) is 62.8. The Bertz CT molecular complexity index is 2510. The summed E-state index contributed by atoms with van der Waals surface area (Å²) < 4.78 is 59.8. The van der Waals surface area contributed by atoms with Crippen LogP contribution in [0, 0.1) is 23.7 Å². The molecule has 0 aliphatic carbocycles. The third-order valence-corrected chi connectivity index (χ3v) is 16.0. The van der Waals surface area contributed by atoms with Gasteiger partial charge in [-0.25, -0.2) is 14.4 Å². The SMILES string of the molecule is C=CCO[C@]1(C)C[C@H](C)/C(=N\OC(=O)c2ccccc2)[C@H](C)[C@@H](O)[C@](C)(O)[C@@H](CC)OC(=O)[C@H](C)[C@@H](O[C@H]2C[C@@](C)(OC)[C@@H](OC(=O)c3ccccc3)[C@H](C)O2)[C@H](C)[C@H]1OC1O[C@H](C)C[C@H](N(C)C)[C@H]1OC(=O)c1ccccc1. The molecule has 434 valence electrons. The zero-order valence-electron chi connectivity index (χ0n) is 48.1. The van der Waals surface area contributed by atoms with E-state index in [9.17, 15) is 24.6 Å². The molecular formula is C61H84N2O16. The predicted molar refractivity (Wildman–Crippen MR) is 294 cm³/mol. The van der Waals surface area contributed by atoms with E-state index in [4.69, 9.17) is 47.5 Å². The second kappa shape index (κ2) is 27.4. The average molecular weight is 1100 g/mol. The summed E-state index contributed by atoms with van der Waals surface area (Å²) >= 11 is 0. The molecule has 3 aliphatic rings. The van der Waals surface area contributed by atoms with Crippen molar-refractivity contribution < 1.29 is 76.9 Å². The molecule has 3 aliphatic heterocycles. The molecule has 0 amide bonds. The fourth-order valence-corrected chi connectivity index (χ4v) is 11.5. The average Bonchev–Trinajstić information content (AvgIpc) is 3.59. The van der Waals surface area contributed by atoms with Gasteiger partial charge in [-0.3, -0.25) is 4.79 Å². The molecule has 2 N–H and O–H groups in total. The van der Waals surface area contributed by atoms with Crippen LogP contribution >= 0.6 is 0 Å². The maximum absolute atomic E-state index is 15.0. The van der Waals surface area contributed by atoms with E-state index in [0.717, 1.165) is 0 Å². The van der Waals surface area contributed by atoms with Gasteiger partial charge in [0, 0.05) is 31.3 Å². The van der Waals surface area contributed by atoms with Crippen LogP contribution in [0.2, 0.25) is 0 Å². The lowest BCUT2D eigenvalue weighted by molar-refractivity contribution is -0.319. The van der Waals surface area contributed by atoms with E-state index in [1.165, 1.54) is 14.0 Å². The summed E-state index contributed by atoms with van der Waals surface area (Å²) in [5.41, 5.74) is -3.69. The first-order valence-corrected chi connectivity index (χ1v) is 27.4. The minimum absolute atomic E-state index is 0.0154. The molecule has 3 aromatic carbocycles. The van der Waals surface area contributed by atoms with Crippen LogP contribution in [0.25, 0.3) is 0 Å². The third kappa shape index (κ3) is 14.9. The van der Waals surface area contributed by atoms with Gasteiger partial charge in [0.25, 0.3) is 0 Å². The number of esters is 3. The number of methoxy groups -OCH3 is 1. The van der Waals surface area contributed by atoms with Crippen LogP contribution in [-0.4, -0.2) is 157 Å². The quantitative estimate of drug-likeness (QED) is 0.0453. The van der Waals surface area contributed by atoms with Gasteiger partial charge in [0.05, 0.1) is 77.1 Å². The van der Waals surface area contributed by atoms with Gasteiger partial charge in [-0.1, -0.05) is 93.5 Å². The standard InChI is InChI=1S/C61H84N2O16/c1-15-32-71-60(10)34-36(3)48(62-79-57(68)44-30-24-19-25-31-44)38(5)51(64)61(11,69)46(16-2)74-54(65)40(7)49(75-47-35-59(9,70-14)53(41(8)73-47)77-56(67)43-28-22-18-23-29-43)39(6)52(60)78-58-50(45(63(12)13)33-37(4)72-58)76-55(66)42-26-20-17-21-27-42/h15,17-31,36-41,45-47,49-53,58,64,69H,1,16,32-35H2,2-14H3/b62-48+/t36-,37+,38-,39-,40+,41-,45-,46+,47-,49-,50+,51+,52+,53-,58?,59+,60+,61+/m0/s1. The Labute approximate surface area is 466 Å². The maximum Gasteiger partial charge on any atom is 0.365 e. The second-order valence-electron chi connectivity index (χ2n) is 22.4. The van der Waals surface area contributed by atoms with Gasteiger partial charge >= 0.3 is 23.9 Å². The number of aliphatic hydroxyl groups excluding tert-OH is 1. The van der Waals surface area contributed by atoms with Crippen molar-refractivity contribution in [2.45, 2.75) is 179 Å². The summed E-state index contributed by atoms with van der Waals surface area (Å²) in [6, 6.07) is 25.1. The van der Waals surface area contributed by atoms with Crippen molar-refractivity contribution in [2.24, 2.45) is 28.8 Å². The van der Waals surface area contributed by atoms with Crippen molar-refractivity contribution in [3.63, 3.8) is 0 Å². The van der Waals surface area contributed by atoms with E-state index in [2.05, 4.69) is 11.7 Å². The van der Waals surface area contributed by atoms with Crippen molar-refractivity contribution in [3.05, 3.63) is 120 Å². The summed E-state index contributed by atoms with van der Waals surface area (Å²) in [5.74, 6) is -6.54. The Balaban J connectivity index is 1.52. The van der Waals surface area contributed by atoms with E-state index >= 15 is 4.79 Å². The first-order valence-electron chi connectivity index (χ1n) is 27.4. The third-order valence-electron chi connectivity index (χ3n) is 16.0. The highest BCUT2D eigenvalue weighted by atomic mass is 16.7. The second-order valence-corrected chi connectivity index (χ2v) is 22.4. The van der Waals surface area contributed by atoms with Gasteiger partial charge in [-0.05, 0) is 111 Å². The summed E-state index contributed by atoms with van der Waals surface area (Å²) in [4.78, 5) is 63.8. The van der Waals surface area contributed by atoms with Crippen LogP contribution in [0.4, 0.5) is 0 Å². The highest BCUT2D eigenvalue weighted by Crippen LogP contribution is 2.43. The Morgan fingerprint density at radius 1 is 0.759 bits per heavy atom. The Hall–Kier alpha value is -5.41. The predicted octanol–water partition coefficient (Wildman–Crippen LogP) is 8.37. The number of hydrogen-bond donors (Lipinski definition) is 2. The first-order chi connectivity index (χ1) is 37.4. The van der Waals surface area contributed by atoms with Crippen molar-refractivity contribution in [1.82, 2.24) is 4.90 Å². The molecule has 18 atom stereocenters. The van der Waals surface area contributed by atoms with E-state index in [1.807, 2.05) is 46.7 Å². The number of oxime groups is 1. The Morgan fingerprint density at radius 2 is 1.32 bits per heavy atom. The number of aliphatic hydroxyl groups is 2. The van der Waals surface area contributed by atoms with Crippen molar-refractivity contribution in [1.29, 1.82) is 0 Å². The largest absolute Gasteiger partial charge is 0.459 e. The lowest BCUT2D eigenvalue weighted by Crippen LogP contribution is -2.62. The minimum Gasteiger partial charge on any atom is -0.459 e. The molecule has 0 aromatic heterocycles. The number of ether oxygens (including phenoxy) is 9. The molecule has 18 heteroatoms. The van der Waals surface area contributed by atoms with Crippen LogP contribution < -0.4 is 0 Å². The molecule has 0 spiro atoms. The highest BCUT2D eigenvalue weighted by molar-refractivity contribution is 5.92. The summed E-state index contributed by atoms with van der Waals surface area (Å²) in [7, 11) is 5.28. The van der Waals surface area contributed by atoms with Crippen LogP contribution in [0.15, 0.2) is 109 Å². The normalized spacial score (nSPS) is 36.3. The van der Waals surface area contributed by atoms with Crippen molar-refractivity contribution in [2.75, 3.05) is 27.8 Å². The zero-order valence-corrected chi connectivity index (χ0v) is 48.1. The van der Waals surface area contributed by atoms with Crippen molar-refractivity contribution >= 4 is 29.6 Å². The number of benzene rings is 3. The lowest BCUT2D eigenvalue weighted by Gasteiger charge is -2.50. The number of carbonyl (C=O) groups is 4. The molecule has 0 saturated carbocycles. The van der Waals surface area contributed by atoms with Gasteiger partial charge in [0.1, 0.15) is 17.3 Å². The number of cyclic esters (lactones) is 1. The van der Waals surface area contributed by atoms with E-state index in [1.54, 1.807) is 132 Å². The molecule has 79 heavy (non-hydrogen) atoms. The number of nitrogens with zero attached hydrogens (tertiary/aromatic N) is 2. The summed E-state index contributed by atoms with van der Waals surface area (Å²) in [5, 5.41) is 29.2. The molecule has 1 unspecified atom stereocenters. The van der Waals surface area contributed by atoms with Gasteiger partial charge in [0.2, 0.25) is 0 Å². The van der Waals surface area contributed by atoms with Crippen LogP contribution in [0.1, 0.15) is 126 Å². The van der Waals surface area contributed by atoms with E-state index in [-0.39, 0.29) is 37.1 Å². The molecule has 3 fully saturated rings. The van der Waals surface area contributed by atoms with E-state index < -0.39 is 132 Å². The van der Waals surface area contributed by atoms with E-state index in [0.29, 0.717) is 17.5 Å². The van der Waals surface area contributed by atoms with Gasteiger partial charge in [0.15, 0.2) is 24.8 Å². The monoisotopic (exact) mass is 1100 g/mol. The maximum atomic E-state index is 15.0. The van der Waals surface area contributed by atoms with Crippen LogP contribution in [0.5, 0.6) is 0 Å². The van der Waals surface area contributed by atoms with Gasteiger partial charge in [-0.2, -0.15) is 0 Å². The van der Waals surface area contributed by atoms with Gasteiger partial charge in [-0.15, -0.1) is 6.58 Å². The van der Waals surface area contributed by atoms with Crippen molar-refractivity contribution in [3.8, 4) is 0 Å². The summed E-state index contributed by atoms with van der Waals surface area (Å²) in [6.45, 7) is 21.3.